The second-order valence-corrected chi connectivity index (χ2v) is 9.85. The van der Waals surface area contributed by atoms with Crippen LogP contribution in [0.1, 0.15) is 19.4 Å². The van der Waals surface area contributed by atoms with E-state index >= 15 is 0 Å². The summed E-state index contributed by atoms with van der Waals surface area (Å²) in [6, 6.07) is 10.4. The van der Waals surface area contributed by atoms with E-state index < -0.39 is 10.0 Å². The molecule has 1 atom stereocenters. The van der Waals surface area contributed by atoms with Gasteiger partial charge in [0.05, 0.1) is 6.42 Å². The summed E-state index contributed by atoms with van der Waals surface area (Å²) >= 11 is 1.17. The van der Waals surface area contributed by atoms with E-state index in [9.17, 15) is 13.2 Å². The third kappa shape index (κ3) is 6.34. The number of likely N-dealkylation sites (N-methyl/N-ethyl adjacent to an activating group) is 1. The van der Waals surface area contributed by atoms with Crippen molar-refractivity contribution < 1.29 is 13.2 Å². The number of hydrogen-bond donors (Lipinski definition) is 2. The van der Waals surface area contributed by atoms with Crippen LogP contribution >= 0.6 is 11.3 Å². The molecule has 0 bridgehead atoms. The zero-order chi connectivity index (χ0) is 20.0. The smallest absolute Gasteiger partial charge is 0.271 e. The normalized spacial score (nSPS) is 13.0. The molecule has 27 heavy (non-hydrogen) atoms. The summed E-state index contributed by atoms with van der Waals surface area (Å²) in [4.78, 5) is 14.3. The molecule has 0 aliphatic rings. The van der Waals surface area contributed by atoms with Gasteiger partial charge < -0.3 is 10.2 Å². The summed E-state index contributed by atoms with van der Waals surface area (Å²) in [6.45, 7) is 4.86. The fourth-order valence-electron chi connectivity index (χ4n) is 2.79. The van der Waals surface area contributed by atoms with E-state index in [-0.39, 0.29) is 22.6 Å². The summed E-state index contributed by atoms with van der Waals surface area (Å²) in [5.41, 5.74) is 1.30. The second kappa shape index (κ2) is 9.34. The molecule has 148 valence electrons. The summed E-state index contributed by atoms with van der Waals surface area (Å²) in [7, 11) is 0.458. The Kier molecular flexibility index (Phi) is 7.41. The van der Waals surface area contributed by atoms with Crippen LogP contribution in [0.2, 0.25) is 0 Å². The molecule has 2 aromatic rings. The number of carbonyl (C=O) groups excluding carboxylic acids is 1. The van der Waals surface area contributed by atoms with Crippen molar-refractivity contribution in [3.05, 3.63) is 47.3 Å². The standard InChI is InChI=1S/C19H27N3O3S2/c1-14(2)17(22(3)4)13-20-18(23)12-15-7-9-16(10-8-15)21-27(24,25)19-6-5-11-26-19/h5-11,14,17,21H,12-13H2,1-4H3,(H,20,23)/t17-/m0/s1. The molecule has 0 aliphatic heterocycles. The minimum atomic E-state index is -3.56. The van der Waals surface area contributed by atoms with Crippen LogP contribution in [0.15, 0.2) is 46.0 Å². The van der Waals surface area contributed by atoms with Crippen LogP contribution in [0, 0.1) is 5.92 Å². The number of rotatable bonds is 9. The summed E-state index contributed by atoms with van der Waals surface area (Å²) in [5.74, 6) is 0.394. The Labute approximate surface area is 165 Å². The van der Waals surface area contributed by atoms with Crippen LogP contribution in [-0.4, -0.2) is 45.9 Å². The Hall–Kier alpha value is -1.90. The third-order valence-corrected chi connectivity index (χ3v) is 7.05. The molecule has 2 N–H and O–H groups in total. The van der Waals surface area contributed by atoms with Crippen LogP contribution in [0.25, 0.3) is 0 Å². The van der Waals surface area contributed by atoms with Crippen molar-refractivity contribution in [1.29, 1.82) is 0 Å². The van der Waals surface area contributed by atoms with E-state index in [1.807, 2.05) is 14.1 Å². The molecule has 2 rings (SSSR count). The van der Waals surface area contributed by atoms with Crippen molar-refractivity contribution in [1.82, 2.24) is 10.2 Å². The van der Waals surface area contributed by atoms with Crippen molar-refractivity contribution >= 4 is 33.0 Å². The van der Waals surface area contributed by atoms with E-state index in [0.29, 0.717) is 18.2 Å². The van der Waals surface area contributed by atoms with Gasteiger partial charge in [0, 0.05) is 18.3 Å². The van der Waals surface area contributed by atoms with Gasteiger partial charge in [0.1, 0.15) is 4.21 Å². The molecule has 1 amide bonds. The van der Waals surface area contributed by atoms with Crippen LogP contribution in [-0.2, 0) is 21.2 Å². The van der Waals surface area contributed by atoms with Gasteiger partial charge >= 0.3 is 0 Å². The number of thiophene rings is 1. The van der Waals surface area contributed by atoms with Gasteiger partial charge in [-0.25, -0.2) is 8.42 Å². The quantitative estimate of drug-likeness (QED) is 0.668. The molecular formula is C19H27N3O3S2. The lowest BCUT2D eigenvalue weighted by Gasteiger charge is -2.28. The molecule has 0 radical (unpaired) electrons. The van der Waals surface area contributed by atoms with E-state index in [2.05, 4.69) is 28.8 Å². The highest BCUT2D eigenvalue weighted by molar-refractivity contribution is 7.94. The first kappa shape index (κ1) is 21.4. The molecule has 0 saturated heterocycles. The Morgan fingerprint density at radius 2 is 1.81 bits per heavy atom. The third-order valence-electron chi connectivity index (χ3n) is 4.27. The lowest BCUT2D eigenvalue weighted by atomic mass is 10.0. The number of nitrogens with one attached hydrogen (secondary N) is 2. The molecule has 0 saturated carbocycles. The minimum absolute atomic E-state index is 0.0468. The molecule has 0 unspecified atom stereocenters. The van der Waals surface area contributed by atoms with Gasteiger partial charge in [-0.15, -0.1) is 11.3 Å². The monoisotopic (exact) mass is 409 g/mol. The van der Waals surface area contributed by atoms with E-state index in [1.165, 1.54) is 11.3 Å². The SMILES string of the molecule is CC(C)[C@H](CNC(=O)Cc1ccc(NS(=O)(=O)c2cccs2)cc1)N(C)C. The Morgan fingerprint density at radius 3 is 2.33 bits per heavy atom. The average molecular weight is 410 g/mol. The predicted octanol–water partition coefficient (Wildman–Crippen LogP) is 2.79. The molecule has 0 aliphatic carbocycles. The molecule has 1 aromatic carbocycles. The van der Waals surface area contributed by atoms with Gasteiger partial charge in [0.15, 0.2) is 0 Å². The van der Waals surface area contributed by atoms with Gasteiger partial charge in [-0.1, -0.05) is 32.0 Å². The highest BCUT2D eigenvalue weighted by atomic mass is 32.2. The van der Waals surface area contributed by atoms with Crippen LogP contribution < -0.4 is 10.0 Å². The van der Waals surface area contributed by atoms with Gasteiger partial charge in [0.25, 0.3) is 10.0 Å². The number of anilines is 1. The number of amides is 1. The highest BCUT2D eigenvalue weighted by Crippen LogP contribution is 2.20. The van der Waals surface area contributed by atoms with Crippen LogP contribution in [0.4, 0.5) is 5.69 Å². The summed E-state index contributed by atoms with van der Waals surface area (Å²) in [6.07, 6.45) is 0.260. The topological polar surface area (TPSA) is 78.5 Å². The maximum Gasteiger partial charge on any atom is 0.271 e. The minimum Gasteiger partial charge on any atom is -0.354 e. The van der Waals surface area contributed by atoms with Gasteiger partial charge in [-0.2, -0.15) is 0 Å². The fourth-order valence-corrected chi connectivity index (χ4v) is 4.84. The number of sulfonamides is 1. The van der Waals surface area contributed by atoms with Crippen LogP contribution in [0.5, 0.6) is 0 Å². The lowest BCUT2D eigenvalue weighted by Crippen LogP contribution is -2.43. The predicted molar refractivity (Wildman–Crippen MR) is 111 cm³/mol. The Bertz CT molecular complexity index is 822. The largest absolute Gasteiger partial charge is 0.354 e. The number of nitrogens with zero attached hydrogens (tertiary/aromatic N) is 1. The number of carbonyl (C=O) groups is 1. The molecule has 8 heteroatoms. The van der Waals surface area contributed by atoms with Gasteiger partial charge in [-0.3, -0.25) is 9.52 Å². The average Bonchev–Trinajstić information content (AvgIpc) is 3.11. The first-order valence-electron chi connectivity index (χ1n) is 8.77. The zero-order valence-corrected chi connectivity index (χ0v) is 17.7. The van der Waals surface area contributed by atoms with Crippen molar-refractivity contribution in [2.45, 2.75) is 30.5 Å². The number of benzene rings is 1. The van der Waals surface area contributed by atoms with E-state index in [4.69, 9.17) is 0 Å². The first-order chi connectivity index (χ1) is 12.7. The van der Waals surface area contributed by atoms with Crippen molar-refractivity contribution in [2.75, 3.05) is 25.4 Å². The van der Waals surface area contributed by atoms with E-state index in [1.54, 1.807) is 41.8 Å². The van der Waals surface area contributed by atoms with Gasteiger partial charge in [-0.05, 0) is 49.2 Å². The Morgan fingerprint density at radius 1 is 1.15 bits per heavy atom. The number of hydrogen-bond acceptors (Lipinski definition) is 5. The summed E-state index contributed by atoms with van der Waals surface area (Å²) < 4.78 is 27.2. The maximum atomic E-state index is 12.2. The maximum absolute atomic E-state index is 12.2. The van der Waals surface area contributed by atoms with Crippen LogP contribution in [0.3, 0.4) is 0 Å². The van der Waals surface area contributed by atoms with Crippen molar-refractivity contribution in [2.24, 2.45) is 5.92 Å². The molecule has 0 spiro atoms. The zero-order valence-electron chi connectivity index (χ0n) is 16.1. The van der Waals surface area contributed by atoms with Gasteiger partial charge in [0.2, 0.25) is 5.91 Å². The summed E-state index contributed by atoms with van der Waals surface area (Å²) in [5, 5.41) is 4.69. The van der Waals surface area contributed by atoms with Crippen molar-refractivity contribution in [3.8, 4) is 0 Å². The second-order valence-electron chi connectivity index (χ2n) is 6.99. The van der Waals surface area contributed by atoms with Crippen molar-refractivity contribution in [3.63, 3.8) is 0 Å². The Balaban J connectivity index is 1.91. The molecular weight excluding hydrogens is 382 g/mol. The highest BCUT2D eigenvalue weighted by Gasteiger charge is 2.17. The first-order valence-corrected chi connectivity index (χ1v) is 11.1. The fraction of sp³-hybridized carbons (Fsp3) is 0.421. The molecule has 1 heterocycles. The molecule has 0 fully saturated rings. The molecule has 1 aromatic heterocycles. The van der Waals surface area contributed by atoms with E-state index in [0.717, 1.165) is 5.56 Å². The molecule has 6 nitrogen and oxygen atoms in total. The lowest BCUT2D eigenvalue weighted by molar-refractivity contribution is -0.120.